The van der Waals surface area contributed by atoms with Crippen molar-refractivity contribution >= 4 is 11.6 Å². The Morgan fingerprint density at radius 1 is 1.11 bits per heavy atom. The van der Waals surface area contributed by atoms with Crippen LogP contribution in [0.1, 0.15) is 37.6 Å². The highest BCUT2D eigenvalue weighted by molar-refractivity contribution is 6.31. The van der Waals surface area contributed by atoms with Gasteiger partial charge >= 0.3 is 0 Å². The summed E-state index contributed by atoms with van der Waals surface area (Å²) in [6, 6.07) is 11.0. The van der Waals surface area contributed by atoms with E-state index in [2.05, 4.69) is 36.8 Å². The smallest absolute Gasteiger partial charge is 0.213 e. The normalized spacial score (nSPS) is 11.5. The molecule has 0 spiro atoms. The number of hydrogen-bond acceptors (Lipinski definition) is 3. The zero-order valence-corrected chi connectivity index (χ0v) is 17.9. The summed E-state index contributed by atoms with van der Waals surface area (Å²) < 4.78 is 5.18. The largest absolute Gasteiger partial charge is 0.481 e. The standard InChI is InChI=1S/C23H25ClN2O2/c1-13-10-16(23(3,4)5)17(24)11-15(13)19-12-20(27)22(14(2)25-19)18-8-7-9-21(26-18)28-6/h7-12H,1-6H3,(H,25,27). The van der Waals surface area contributed by atoms with Crippen molar-refractivity contribution in [3.8, 4) is 28.4 Å². The van der Waals surface area contributed by atoms with Crippen molar-refractivity contribution in [2.75, 3.05) is 7.11 Å². The number of halogens is 1. The van der Waals surface area contributed by atoms with Crippen molar-refractivity contribution in [3.63, 3.8) is 0 Å². The van der Waals surface area contributed by atoms with Crippen LogP contribution in [-0.2, 0) is 5.41 Å². The van der Waals surface area contributed by atoms with E-state index in [0.29, 0.717) is 22.2 Å². The number of aromatic amines is 1. The summed E-state index contributed by atoms with van der Waals surface area (Å²) in [5.41, 5.74) is 5.55. The number of aryl methyl sites for hydroxylation is 2. The van der Waals surface area contributed by atoms with E-state index in [-0.39, 0.29) is 10.8 Å². The van der Waals surface area contributed by atoms with Crippen LogP contribution >= 0.6 is 11.6 Å². The fourth-order valence-electron chi connectivity index (χ4n) is 3.37. The number of benzene rings is 1. The van der Waals surface area contributed by atoms with Crippen molar-refractivity contribution in [2.24, 2.45) is 0 Å². The number of methoxy groups -OCH3 is 1. The van der Waals surface area contributed by atoms with Gasteiger partial charge in [0.1, 0.15) is 0 Å². The van der Waals surface area contributed by atoms with Crippen molar-refractivity contribution in [1.82, 2.24) is 9.97 Å². The lowest BCUT2D eigenvalue weighted by Crippen LogP contribution is -2.13. The van der Waals surface area contributed by atoms with E-state index in [9.17, 15) is 4.79 Å². The van der Waals surface area contributed by atoms with Crippen LogP contribution in [0.25, 0.3) is 22.5 Å². The van der Waals surface area contributed by atoms with Crippen LogP contribution in [0.5, 0.6) is 5.88 Å². The summed E-state index contributed by atoms with van der Waals surface area (Å²) in [6.07, 6.45) is 0. The van der Waals surface area contributed by atoms with E-state index in [0.717, 1.165) is 28.1 Å². The van der Waals surface area contributed by atoms with E-state index in [1.807, 2.05) is 26.0 Å². The average molecular weight is 397 g/mol. The van der Waals surface area contributed by atoms with Crippen molar-refractivity contribution in [1.29, 1.82) is 0 Å². The Morgan fingerprint density at radius 3 is 2.43 bits per heavy atom. The lowest BCUT2D eigenvalue weighted by atomic mass is 9.85. The molecule has 2 aromatic heterocycles. The molecule has 3 aromatic rings. The highest BCUT2D eigenvalue weighted by Gasteiger charge is 2.20. The fraction of sp³-hybridized carbons (Fsp3) is 0.304. The number of hydrogen-bond donors (Lipinski definition) is 1. The average Bonchev–Trinajstić information content (AvgIpc) is 2.62. The maximum absolute atomic E-state index is 12.9. The van der Waals surface area contributed by atoms with E-state index in [4.69, 9.17) is 16.3 Å². The van der Waals surface area contributed by atoms with Crippen LogP contribution < -0.4 is 10.2 Å². The quantitative estimate of drug-likeness (QED) is 0.619. The first-order valence-corrected chi connectivity index (χ1v) is 9.56. The Kier molecular flexibility index (Phi) is 5.35. The van der Waals surface area contributed by atoms with Gasteiger partial charge in [0.15, 0.2) is 5.43 Å². The Labute approximate surface area is 170 Å². The highest BCUT2D eigenvalue weighted by atomic mass is 35.5. The van der Waals surface area contributed by atoms with Gasteiger partial charge in [-0.2, -0.15) is 0 Å². The van der Waals surface area contributed by atoms with Gasteiger partial charge in [-0.05, 0) is 42.5 Å². The zero-order valence-electron chi connectivity index (χ0n) is 17.1. The lowest BCUT2D eigenvalue weighted by Gasteiger charge is -2.22. The second-order valence-electron chi connectivity index (χ2n) is 8.01. The Balaban J connectivity index is 2.14. The van der Waals surface area contributed by atoms with Crippen molar-refractivity contribution in [2.45, 2.75) is 40.0 Å². The summed E-state index contributed by atoms with van der Waals surface area (Å²) in [7, 11) is 1.56. The molecule has 3 rings (SSSR count). The van der Waals surface area contributed by atoms with Crippen molar-refractivity contribution < 1.29 is 4.74 Å². The minimum atomic E-state index is -0.0950. The molecule has 2 heterocycles. The monoisotopic (exact) mass is 396 g/mol. The first-order valence-electron chi connectivity index (χ1n) is 9.18. The molecule has 0 aliphatic carbocycles. The molecule has 146 valence electrons. The van der Waals surface area contributed by atoms with E-state index < -0.39 is 0 Å². The van der Waals surface area contributed by atoms with Gasteiger partial charge in [-0.15, -0.1) is 0 Å². The summed E-state index contributed by atoms with van der Waals surface area (Å²) in [5.74, 6) is 0.473. The van der Waals surface area contributed by atoms with Crippen LogP contribution in [0.15, 0.2) is 41.2 Å². The third kappa shape index (κ3) is 3.83. The third-order valence-electron chi connectivity index (χ3n) is 4.82. The lowest BCUT2D eigenvalue weighted by molar-refractivity contribution is 0.398. The Bertz CT molecular complexity index is 1090. The maximum atomic E-state index is 12.9. The minimum absolute atomic E-state index is 0.0500. The van der Waals surface area contributed by atoms with Crippen LogP contribution in [0, 0.1) is 13.8 Å². The molecule has 4 nitrogen and oxygen atoms in total. The summed E-state index contributed by atoms with van der Waals surface area (Å²) in [5, 5.41) is 0.699. The highest BCUT2D eigenvalue weighted by Crippen LogP contribution is 2.35. The number of nitrogens with zero attached hydrogens (tertiary/aromatic N) is 1. The molecule has 5 heteroatoms. The van der Waals surface area contributed by atoms with Gasteiger partial charge in [-0.3, -0.25) is 4.79 Å². The number of ether oxygens (including phenoxy) is 1. The molecule has 0 bridgehead atoms. The van der Waals surface area contributed by atoms with Gasteiger partial charge in [0.05, 0.1) is 18.4 Å². The second kappa shape index (κ2) is 7.44. The molecular weight excluding hydrogens is 372 g/mol. The molecule has 1 N–H and O–H groups in total. The Hall–Kier alpha value is -2.59. The van der Waals surface area contributed by atoms with Gasteiger partial charge in [-0.1, -0.05) is 44.5 Å². The minimum Gasteiger partial charge on any atom is -0.481 e. The predicted octanol–water partition coefficient (Wildman–Crippen LogP) is 5.68. The molecule has 0 unspecified atom stereocenters. The molecule has 0 aliphatic heterocycles. The summed E-state index contributed by atoms with van der Waals surface area (Å²) >= 11 is 6.56. The van der Waals surface area contributed by atoms with Gasteiger partial charge in [0.2, 0.25) is 5.88 Å². The number of rotatable bonds is 3. The van der Waals surface area contributed by atoms with Gasteiger partial charge in [0.25, 0.3) is 0 Å². The first kappa shape index (κ1) is 20.2. The second-order valence-corrected chi connectivity index (χ2v) is 8.42. The molecule has 0 radical (unpaired) electrons. The number of nitrogens with one attached hydrogen (secondary N) is 1. The van der Waals surface area contributed by atoms with Crippen molar-refractivity contribution in [3.05, 3.63) is 68.5 Å². The number of aromatic nitrogens is 2. The summed E-state index contributed by atoms with van der Waals surface area (Å²) in [4.78, 5) is 20.7. The van der Waals surface area contributed by atoms with Crippen LogP contribution in [0.4, 0.5) is 0 Å². The van der Waals surface area contributed by atoms with E-state index in [1.54, 1.807) is 25.3 Å². The molecule has 1 aromatic carbocycles. The maximum Gasteiger partial charge on any atom is 0.213 e. The van der Waals surface area contributed by atoms with Crippen LogP contribution in [-0.4, -0.2) is 17.1 Å². The fourth-order valence-corrected chi connectivity index (χ4v) is 3.81. The van der Waals surface area contributed by atoms with Crippen LogP contribution in [0.2, 0.25) is 5.02 Å². The molecule has 0 aliphatic rings. The number of pyridine rings is 2. The molecule has 0 fully saturated rings. The predicted molar refractivity (Wildman–Crippen MR) is 115 cm³/mol. The zero-order chi connectivity index (χ0) is 20.6. The van der Waals surface area contributed by atoms with Crippen LogP contribution in [0.3, 0.4) is 0 Å². The third-order valence-corrected chi connectivity index (χ3v) is 5.13. The van der Waals surface area contributed by atoms with Gasteiger partial charge in [-0.25, -0.2) is 4.98 Å². The summed E-state index contributed by atoms with van der Waals surface area (Å²) in [6.45, 7) is 10.3. The topological polar surface area (TPSA) is 55.0 Å². The van der Waals surface area contributed by atoms with Gasteiger partial charge in [0, 0.05) is 34.1 Å². The van der Waals surface area contributed by atoms with E-state index in [1.165, 1.54) is 0 Å². The molecule has 28 heavy (non-hydrogen) atoms. The molecule has 0 saturated carbocycles. The molecule has 0 amide bonds. The molecule has 0 saturated heterocycles. The number of H-pyrrole nitrogens is 1. The Morgan fingerprint density at radius 2 is 1.82 bits per heavy atom. The van der Waals surface area contributed by atoms with Gasteiger partial charge < -0.3 is 9.72 Å². The molecular formula is C23H25ClN2O2. The first-order chi connectivity index (χ1) is 13.1. The molecule has 0 atom stereocenters. The van der Waals surface area contributed by atoms with E-state index >= 15 is 0 Å². The SMILES string of the molecule is COc1cccc(-c2c(C)[nH]c(-c3cc(Cl)c(C(C)(C)C)cc3C)cc2=O)n1.